The normalized spacial score (nSPS) is 11.0. The minimum atomic E-state index is -0.292. The van der Waals surface area contributed by atoms with Gasteiger partial charge in [0.1, 0.15) is 0 Å². The van der Waals surface area contributed by atoms with E-state index >= 15 is 0 Å². The first-order valence-electron chi connectivity index (χ1n) is 4.38. The van der Waals surface area contributed by atoms with Crippen molar-refractivity contribution in [2.24, 2.45) is 5.73 Å². The number of hydrogen-bond acceptors (Lipinski definition) is 3. The van der Waals surface area contributed by atoms with Crippen molar-refractivity contribution in [3.8, 4) is 6.07 Å². The number of aromatic amines is 1. The van der Waals surface area contributed by atoms with Crippen LogP contribution in [0.3, 0.4) is 0 Å². The summed E-state index contributed by atoms with van der Waals surface area (Å²) in [5.74, 6) is 0. The molecule has 0 bridgehead atoms. The zero-order chi connectivity index (χ0) is 9.97. The van der Waals surface area contributed by atoms with Crippen LogP contribution in [0.25, 0.3) is 11.0 Å². The van der Waals surface area contributed by atoms with Crippen LogP contribution in [0.4, 0.5) is 0 Å². The number of H-pyrrole nitrogens is 1. The minimum Gasteiger partial charge on any atom is -0.360 e. The number of nitrogens with two attached hydrogens (primary N) is 1. The van der Waals surface area contributed by atoms with Crippen LogP contribution in [0.15, 0.2) is 24.4 Å². The molecule has 0 saturated heterocycles. The average Bonchev–Trinajstić information content (AvgIpc) is 2.64. The van der Waals surface area contributed by atoms with Gasteiger partial charge in [0.05, 0.1) is 35.3 Å². The maximum Gasteiger partial charge on any atom is 0.0882 e. The van der Waals surface area contributed by atoms with Crippen LogP contribution < -0.4 is 5.73 Å². The Bertz CT molecular complexity index is 489. The first-order valence-corrected chi connectivity index (χ1v) is 4.38. The monoisotopic (exact) mass is 258 g/mol. The van der Waals surface area contributed by atoms with Crippen molar-refractivity contribution >= 4 is 35.8 Å². The molecule has 0 aliphatic heterocycles. The van der Waals surface area contributed by atoms with E-state index in [9.17, 15) is 0 Å². The van der Waals surface area contributed by atoms with Crippen molar-refractivity contribution in [3.05, 3.63) is 30.1 Å². The molecule has 0 radical (unpaired) electrons. The summed E-state index contributed by atoms with van der Waals surface area (Å²) < 4.78 is 0. The number of nitriles is 1. The van der Waals surface area contributed by atoms with E-state index in [1.54, 1.807) is 0 Å². The molecule has 2 aromatic heterocycles. The number of nitrogens with one attached hydrogen (secondary N) is 1. The SMILES string of the molecule is Cl.Cl.N#CC[C@H](N)c1ccc2[nH]ccc2n1. The molecule has 16 heavy (non-hydrogen) atoms. The second kappa shape index (κ2) is 6.33. The van der Waals surface area contributed by atoms with Crippen LogP contribution in [-0.2, 0) is 0 Å². The lowest BCUT2D eigenvalue weighted by Crippen LogP contribution is -2.10. The Morgan fingerprint density at radius 1 is 1.38 bits per heavy atom. The Balaban J connectivity index is 0.00000112. The van der Waals surface area contributed by atoms with E-state index in [0.717, 1.165) is 16.7 Å². The third kappa shape index (κ3) is 2.86. The molecule has 6 heteroatoms. The van der Waals surface area contributed by atoms with Gasteiger partial charge >= 0.3 is 0 Å². The molecule has 4 nitrogen and oxygen atoms in total. The van der Waals surface area contributed by atoms with Gasteiger partial charge in [0.25, 0.3) is 0 Å². The quantitative estimate of drug-likeness (QED) is 0.868. The molecule has 0 fully saturated rings. The lowest BCUT2D eigenvalue weighted by Gasteiger charge is -2.05. The highest BCUT2D eigenvalue weighted by Gasteiger charge is 2.07. The zero-order valence-electron chi connectivity index (χ0n) is 8.38. The smallest absolute Gasteiger partial charge is 0.0882 e. The third-order valence-corrected chi connectivity index (χ3v) is 2.12. The molecule has 0 saturated carbocycles. The van der Waals surface area contributed by atoms with Gasteiger partial charge in [-0.1, -0.05) is 0 Å². The number of hydrogen-bond donors (Lipinski definition) is 2. The van der Waals surface area contributed by atoms with Gasteiger partial charge in [-0.05, 0) is 18.2 Å². The largest absolute Gasteiger partial charge is 0.360 e. The van der Waals surface area contributed by atoms with E-state index in [0.29, 0.717) is 6.42 Å². The van der Waals surface area contributed by atoms with Crippen LogP contribution in [0, 0.1) is 11.3 Å². The van der Waals surface area contributed by atoms with Crippen molar-refractivity contribution in [1.29, 1.82) is 5.26 Å². The molecule has 0 aliphatic rings. The Labute approximate surface area is 106 Å². The van der Waals surface area contributed by atoms with Gasteiger partial charge in [-0.2, -0.15) is 5.26 Å². The zero-order valence-corrected chi connectivity index (χ0v) is 10.0. The Morgan fingerprint density at radius 3 is 2.81 bits per heavy atom. The molecule has 0 unspecified atom stereocenters. The third-order valence-electron chi connectivity index (χ3n) is 2.12. The topological polar surface area (TPSA) is 78.5 Å². The highest BCUT2D eigenvalue weighted by atomic mass is 35.5. The molecule has 0 aromatic carbocycles. The van der Waals surface area contributed by atoms with E-state index in [1.807, 2.05) is 30.5 Å². The number of rotatable bonds is 2. The molecular formula is C10H12Cl2N4. The number of fused-ring (bicyclic) bond motifs is 1. The van der Waals surface area contributed by atoms with Gasteiger partial charge in [-0.3, -0.25) is 0 Å². The maximum absolute atomic E-state index is 8.51. The van der Waals surface area contributed by atoms with E-state index in [2.05, 4.69) is 9.97 Å². The summed E-state index contributed by atoms with van der Waals surface area (Å²) >= 11 is 0. The predicted molar refractivity (Wildman–Crippen MR) is 67.7 cm³/mol. The second-order valence-corrected chi connectivity index (χ2v) is 3.12. The van der Waals surface area contributed by atoms with Crippen molar-refractivity contribution in [1.82, 2.24) is 9.97 Å². The van der Waals surface area contributed by atoms with E-state index in [-0.39, 0.29) is 30.9 Å². The Morgan fingerprint density at radius 2 is 2.12 bits per heavy atom. The maximum atomic E-state index is 8.51. The molecule has 2 rings (SSSR count). The summed E-state index contributed by atoms with van der Waals surface area (Å²) in [5.41, 5.74) is 8.40. The van der Waals surface area contributed by atoms with Crippen molar-refractivity contribution in [2.75, 3.05) is 0 Å². The molecule has 3 N–H and O–H groups in total. The molecule has 0 amide bonds. The van der Waals surface area contributed by atoms with Gasteiger partial charge in [0.15, 0.2) is 0 Å². The lowest BCUT2D eigenvalue weighted by atomic mass is 10.1. The van der Waals surface area contributed by atoms with E-state index < -0.39 is 0 Å². The fourth-order valence-electron chi connectivity index (χ4n) is 1.36. The van der Waals surface area contributed by atoms with Gasteiger partial charge in [0, 0.05) is 6.20 Å². The van der Waals surface area contributed by atoms with Gasteiger partial charge in [-0.25, -0.2) is 4.98 Å². The number of halogens is 2. The molecule has 0 aliphatic carbocycles. The van der Waals surface area contributed by atoms with Crippen LogP contribution >= 0.6 is 24.8 Å². The van der Waals surface area contributed by atoms with Crippen molar-refractivity contribution < 1.29 is 0 Å². The van der Waals surface area contributed by atoms with E-state index in [4.69, 9.17) is 11.0 Å². The summed E-state index contributed by atoms with van der Waals surface area (Å²) in [4.78, 5) is 7.40. The summed E-state index contributed by atoms with van der Waals surface area (Å²) in [6, 6.07) is 7.40. The van der Waals surface area contributed by atoms with Gasteiger partial charge < -0.3 is 10.7 Å². The standard InChI is InChI=1S/C10H10N4.2ClH/c11-5-3-7(12)8-1-2-9-10(14-8)4-6-13-9;;/h1-2,4,6-7,13H,3,12H2;2*1H/t7-;;/m0../s1. The molecule has 2 aromatic rings. The number of nitrogens with zero attached hydrogens (tertiary/aromatic N) is 2. The highest BCUT2D eigenvalue weighted by Crippen LogP contribution is 2.15. The van der Waals surface area contributed by atoms with Crippen LogP contribution in [0.5, 0.6) is 0 Å². The number of aromatic nitrogens is 2. The average molecular weight is 259 g/mol. The Hall–Kier alpha value is -1.28. The summed E-state index contributed by atoms with van der Waals surface area (Å²) in [5, 5.41) is 8.51. The minimum absolute atomic E-state index is 0. The summed E-state index contributed by atoms with van der Waals surface area (Å²) in [7, 11) is 0. The second-order valence-electron chi connectivity index (χ2n) is 3.12. The van der Waals surface area contributed by atoms with E-state index in [1.165, 1.54) is 0 Å². The van der Waals surface area contributed by atoms with Gasteiger partial charge in [-0.15, -0.1) is 24.8 Å². The fourth-order valence-corrected chi connectivity index (χ4v) is 1.36. The van der Waals surface area contributed by atoms with Crippen LogP contribution in [0.2, 0.25) is 0 Å². The first-order chi connectivity index (χ1) is 6.81. The molecular weight excluding hydrogens is 247 g/mol. The molecule has 2 heterocycles. The Kier molecular flexibility index (Phi) is 5.83. The van der Waals surface area contributed by atoms with Crippen molar-refractivity contribution in [3.63, 3.8) is 0 Å². The summed E-state index contributed by atoms with van der Waals surface area (Å²) in [6.45, 7) is 0. The molecule has 86 valence electrons. The molecule has 0 spiro atoms. The van der Waals surface area contributed by atoms with Crippen molar-refractivity contribution in [2.45, 2.75) is 12.5 Å². The fraction of sp³-hybridized carbons (Fsp3) is 0.200. The summed E-state index contributed by atoms with van der Waals surface area (Å²) in [6.07, 6.45) is 2.13. The predicted octanol–water partition coefficient (Wildman–Crippen LogP) is 2.32. The van der Waals surface area contributed by atoms with Crippen LogP contribution in [0.1, 0.15) is 18.2 Å². The van der Waals surface area contributed by atoms with Crippen LogP contribution in [-0.4, -0.2) is 9.97 Å². The number of pyridine rings is 1. The lowest BCUT2D eigenvalue weighted by molar-refractivity contribution is 0.724. The molecule has 1 atom stereocenters. The first kappa shape index (κ1) is 14.7. The van der Waals surface area contributed by atoms with Gasteiger partial charge in [0.2, 0.25) is 0 Å². The highest BCUT2D eigenvalue weighted by molar-refractivity contribution is 5.85.